The average molecular weight is 426 g/mol. The van der Waals surface area contributed by atoms with E-state index in [0.717, 1.165) is 17.2 Å². The molecule has 1 atom stereocenters. The predicted molar refractivity (Wildman–Crippen MR) is 120 cm³/mol. The molecule has 0 aliphatic heterocycles. The quantitative estimate of drug-likeness (QED) is 0.557. The first-order valence-electron chi connectivity index (χ1n) is 10.3. The van der Waals surface area contributed by atoms with Crippen LogP contribution in [-0.4, -0.2) is 37.4 Å². The number of amides is 2. The molecule has 2 aromatic carbocycles. The highest BCUT2D eigenvalue weighted by atomic mass is 19.1. The first-order valence-corrected chi connectivity index (χ1v) is 10.3. The molecule has 1 N–H and O–H groups in total. The van der Waals surface area contributed by atoms with E-state index in [-0.39, 0.29) is 17.4 Å². The fourth-order valence-electron chi connectivity index (χ4n) is 3.61. The summed E-state index contributed by atoms with van der Waals surface area (Å²) in [7, 11) is 5.57. The molecule has 0 fully saturated rings. The first kappa shape index (κ1) is 24.6. The van der Waals surface area contributed by atoms with E-state index >= 15 is 0 Å². The molecule has 0 saturated heterocycles. The van der Waals surface area contributed by atoms with Crippen molar-refractivity contribution < 1.29 is 18.4 Å². The fourth-order valence-corrected chi connectivity index (χ4v) is 3.61. The van der Waals surface area contributed by atoms with Crippen LogP contribution in [0.2, 0.25) is 0 Å². The largest absolute Gasteiger partial charge is 0.272 e. The Bertz CT molecular complexity index is 937. The van der Waals surface area contributed by atoms with Gasteiger partial charge in [0.2, 0.25) is 0 Å². The SMILES string of the molecule is [B]c1ccc(C(=O)NN(C(=O)c2cc(C)cc(C)c2)[C@H](CCCF)C(C)(C)C)c(F)c1. The summed E-state index contributed by atoms with van der Waals surface area (Å²) in [6.45, 7) is 8.94. The average Bonchev–Trinajstić information content (AvgIpc) is 2.64. The minimum absolute atomic E-state index is 0.188. The second-order valence-electron chi connectivity index (χ2n) is 8.94. The van der Waals surface area contributed by atoms with Crippen LogP contribution in [-0.2, 0) is 0 Å². The van der Waals surface area contributed by atoms with Gasteiger partial charge >= 0.3 is 0 Å². The topological polar surface area (TPSA) is 49.4 Å². The lowest BCUT2D eigenvalue weighted by molar-refractivity contribution is 0.0262. The van der Waals surface area contributed by atoms with E-state index in [2.05, 4.69) is 5.43 Å². The molecule has 0 unspecified atom stereocenters. The Kier molecular flexibility index (Phi) is 7.99. The summed E-state index contributed by atoms with van der Waals surface area (Å²) in [6.07, 6.45) is 0.561. The van der Waals surface area contributed by atoms with Gasteiger partial charge in [-0.2, -0.15) is 0 Å². The van der Waals surface area contributed by atoms with E-state index < -0.39 is 35.8 Å². The number of carbonyl (C=O) groups excluding carboxylic acids is 2. The maximum absolute atomic E-state index is 14.3. The fraction of sp³-hybridized carbons (Fsp3) is 0.417. The molecule has 7 heteroatoms. The highest BCUT2D eigenvalue weighted by Gasteiger charge is 2.35. The van der Waals surface area contributed by atoms with Crippen LogP contribution in [0.1, 0.15) is 65.5 Å². The Morgan fingerprint density at radius 2 is 1.71 bits per heavy atom. The van der Waals surface area contributed by atoms with Gasteiger partial charge in [0.05, 0.1) is 18.3 Å². The highest BCUT2D eigenvalue weighted by Crippen LogP contribution is 2.29. The van der Waals surface area contributed by atoms with Crippen LogP contribution < -0.4 is 10.9 Å². The second kappa shape index (κ2) is 10.1. The predicted octanol–water partition coefficient (Wildman–Crippen LogP) is 4.19. The summed E-state index contributed by atoms with van der Waals surface area (Å²) < 4.78 is 27.3. The van der Waals surface area contributed by atoms with Gasteiger partial charge in [0, 0.05) is 5.56 Å². The summed E-state index contributed by atoms with van der Waals surface area (Å²) in [5.74, 6) is -1.99. The second-order valence-corrected chi connectivity index (χ2v) is 8.94. The van der Waals surface area contributed by atoms with E-state index in [1.807, 2.05) is 40.7 Å². The van der Waals surface area contributed by atoms with Crippen LogP contribution in [0.25, 0.3) is 0 Å². The van der Waals surface area contributed by atoms with Gasteiger partial charge in [0.15, 0.2) is 0 Å². The molecule has 0 aliphatic carbocycles. The number of carbonyl (C=O) groups is 2. The number of rotatable bonds is 6. The molecular weight excluding hydrogens is 397 g/mol. The molecule has 0 heterocycles. The molecule has 2 rings (SSSR count). The van der Waals surface area contributed by atoms with Crippen molar-refractivity contribution >= 4 is 25.1 Å². The van der Waals surface area contributed by atoms with Crippen LogP contribution in [0.15, 0.2) is 36.4 Å². The third kappa shape index (κ3) is 6.39. The zero-order valence-corrected chi connectivity index (χ0v) is 18.8. The van der Waals surface area contributed by atoms with Gasteiger partial charge in [0.1, 0.15) is 13.7 Å². The first-order chi connectivity index (χ1) is 14.4. The summed E-state index contributed by atoms with van der Waals surface area (Å²) >= 11 is 0. The van der Waals surface area contributed by atoms with Crippen LogP contribution >= 0.6 is 0 Å². The minimum atomic E-state index is -0.785. The Morgan fingerprint density at radius 1 is 1.10 bits per heavy atom. The van der Waals surface area contributed by atoms with Crippen LogP contribution in [0.4, 0.5) is 8.78 Å². The number of nitrogens with one attached hydrogen (secondary N) is 1. The molecule has 0 aromatic heterocycles. The number of benzene rings is 2. The van der Waals surface area contributed by atoms with Crippen molar-refractivity contribution in [1.82, 2.24) is 10.4 Å². The third-order valence-corrected chi connectivity index (χ3v) is 5.07. The lowest BCUT2D eigenvalue weighted by Gasteiger charge is -2.40. The van der Waals surface area contributed by atoms with Crippen molar-refractivity contribution in [2.24, 2.45) is 5.41 Å². The van der Waals surface area contributed by atoms with Crippen molar-refractivity contribution in [2.45, 2.75) is 53.5 Å². The van der Waals surface area contributed by atoms with Gasteiger partial charge in [0.25, 0.3) is 11.8 Å². The summed E-state index contributed by atoms with van der Waals surface area (Å²) in [4.78, 5) is 26.4. The van der Waals surface area contributed by atoms with Crippen molar-refractivity contribution in [3.8, 4) is 0 Å². The maximum atomic E-state index is 14.3. The molecule has 2 aromatic rings. The van der Waals surface area contributed by atoms with Crippen LogP contribution in [0, 0.1) is 25.1 Å². The lowest BCUT2D eigenvalue weighted by atomic mass is 9.83. The van der Waals surface area contributed by atoms with Gasteiger partial charge in [-0.15, -0.1) is 0 Å². The zero-order chi connectivity index (χ0) is 23.3. The number of halogens is 2. The normalized spacial score (nSPS) is 12.4. The summed E-state index contributed by atoms with van der Waals surface area (Å²) in [5, 5.41) is 1.22. The smallest absolute Gasteiger partial charge is 0.267 e. The molecule has 31 heavy (non-hydrogen) atoms. The Hall–Kier alpha value is -2.70. The van der Waals surface area contributed by atoms with Gasteiger partial charge < -0.3 is 0 Å². The van der Waals surface area contributed by atoms with E-state index in [1.54, 1.807) is 12.1 Å². The Balaban J connectivity index is 2.49. The van der Waals surface area contributed by atoms with E-state index in [4.69, 9.17) is 7.85 Å². The third-order valence-electron chi connectivity index (χ3n) is 5.07. The van der Waals surface area contributed by atoms with E-state index in [9.17, 15) is 18.4 Å². The monoisotopic (exact) mass is 426 g/mol. The molecule has 0 bridgehead atoms. The molecule has 164 valence electrons. The highest BCUT2D eigenvalue weighted by molar-refractivity contribution is 6.32. The molecule has 0 aliphatic rings. The van der Waals surface area contributed by atoms with Crippen LogP contribution in [0.5, 0.6) is 0 Å². The number of hydrogen-bond donors (Lipinski definition) is 1. The molecule has 2 radical (unpaired) electrons. The molecule has 4 nitrogen and oxygen atoms in total. The van der Waals surface area contributed by atoms with Gasteiger partial charge in [-0.1, -0.05) is 49.5 Å². The lowest BCUT2D eigenvalue weighted by Crippen LogP contribution is -2.56. The number of nitrogens with zero attached hydrogens (tertiary/aromatic N) is 1. The Labute approximate surface area is 184 Å². The van der Waals surface area contributed by atoms with Gasteiger partial charge in [-0.25, -0.2) is 9.40 Å². The van der Waals surface area contributed by atoms with Crippen molar-refractivity contribution in [3.05, 3.63) is 64.5 Å². The van der Waals surface area contributed by atoms with E-state index in [0.29, 0.717) is 12.0 Å². The number of hydrazine groups is 1. The van der Waals surface area contributed by atoms with Crippen molar-refractivity contribution in [2.75, 3.05) is 6.67 Å². The number of aryl methyl sites for hydroxylation is 2. The molecule has 0 saturated carbocycles. The Morgan fingerprint density at radius 3 is 2.23 bits per heavy atom. The summed E-state index contributed by atoms with van der Waals surface area (Å²) in [5.41, 5.74) is 4.26. The van der Waals surface area contributed by atoms with Gasteiger partial charge in [-0.3, -0.25) is 19.4 Å². The molecule has 2 amide bonds. The number of alkyl halides is 1. The molecular formula is C24H29BF2N2O2. The zero-order valence-electron chi connectivity index (χ0n) is 18.8. The maximum Gasteiger partial charge on any atom is 0.272 e. The van der Waals surface area contributed by atoms with Crippen LogP contribution in [0.3, 0.4) is 0 Å². The standard InChI is InChI=1S/C24H29BF2N2O2/c1-15-11-16(2)13-17(12-15)23(31)29(21(7-6-10-26)24(3,4)5)28-22(30)19-9-8-18(25)14-20(19)27/h8-9,11-14,21H,6-7,10H2,1-5H3,(H,28,30)/t21-/m1/s1. The number of hydrogen-bond acceptors (Lipinski definition) is 2. The minimum Gasteiger partial charge on any atom is -0.267 e. The van der Waals surface area contributed by atoms with Crippen molar-refractivity contribution in [3.63, 3.8) is 0 Å². The molecule has 0 spiro atoms. The van der Waals surface area contributed by atoms with E-state index in [1.165, 1.54) is 17.1 Å². The van der Waals surface area contributed by atoms with Crippen molar-refractivity contribution in [1.29, 1.82) is 0 Å². The van der Waals surface area contributed by atoms with Gasteiger partial charge in [-0.05, 0) is 56.4 Å². The summed E-state index contributed by atoms with van der Waals surface area (Å²) in [6, 6.07) is 8.62.